The highest BCUT2D eigenvalue weighted by molar-refractivity contribution is 5.90. The van der Waals surface area contributed by atoms with Crippen LogP contribution in [0.15, 0.2) is 24.3 Å². The summed E-state index contributed by atoms with van der Waals surface area (Å²) in [6.07, 6.45) is 5.62. The van der Waals surface area contributed by atoms with E-state index in [0.29, 0.717) is 13.1 Å². The first kappa shape index (κ1) is 15.6. The Balaban J connectivity index is 1.37. The smallest absolute Gasteiger partial charge is 0.242 e. The summed E-state index contributed by atoms with van der Waals surface area (Å²) >= 11 is 0. The van der Waals surface area contributed by atoms with Gasteiger partial charge in [-0.25, -0.2) is 4.39 Å². The van der Waals surface area contributed by atoms with Gasteiger partial charge >= 0.3 is 0 Å². The minimum atomic E-state index is -0.304. The third kappa shape index (κ3) is 2.92. The van der Waals surface area contributed by atoms with Crippen molar-refractivity contribution in [2.45, 2.75) is 50.0 Å². The number of nitrogens with zero attached hydrogens (tertiary/aromatic N) is 1. The minimum absolute atomic E-state index is 0.0325. The molecule has 1 atom stereocenters. The van der Waals surface area contributed by atoms with E-state index in [1.165, 1.54) is 12.1 Å². The van der Waals surface area contributed by atoms with Gasteiger partial charge in [-0.2, -0.15) is 0 Å². The van der Waals surface area contributed by atoms with Crippen LogP contribution in [0.5, 0.6) is 0 Å². The Kier molecular flexibility index (Phi) is 3.82. The van der Waals surface area contributed by atoms with Crippen molar-refractivity contribution in [3.8, 4) is 0 Å². The highest BCUT2D eigenvalue weighted by Crippen LogP contribution is 2.47. The van der Waals surface area contributed by atoms with Gasteiger partial charge in [0, 0.05) is 24.4 Å². The number of nitrogens with one attached hydrogen (secondary N) is 1. The van der Waals surface area contributed by atoms with Gasteiger partial charge in [0.1, 0.15) is 11.9 Å². The molecule has 0 aromatic heterocycles. The Morgan fingerprint density at radius 3 is 2.50 bits per heavy atom. The van der Waals surface area contributed by atoms with E-state index < -0.39 is 0 Å². The summed E-state index contributed by atoms with van der Waals surface area (Å²) in [7, 11) is 0. The van der Waals surface area contributed by atoms with E-state index in [4.69, 9.17) is 0 Å². The quantitative estimate of drug-likeness (QED) is 0.901. The maximum Gasteiger partial charge on any atom is 0.242 e. The molecular formula is C19H23FN2O2. The minimum Gasteiger partial charge on any atom is -0.353 e. The molecule has 4 nitrogen and oxygen atoms in total. The summed E-state index contributed by atoms with van der Waals surface area (Å²) in [5, 5.41) is 3.06. The molecule has 0 radical (unpaired) electrons. The average Bonchev–Trinajstić information content (AvgIpc) is 3.51. The lowest BCUT2D eigenvalue weighted by Crippen LogP contribution is -2.48. The normalized spacial score (nSPS) is 24.7. The largest absolute Gasteiger partial charge is 0.353 e. The highest BCUT2D eigenvalue weighted by Gasteiger charge is 2.46. The summed E-state index contributed by atoms with van der Waals surface area (Å²) in [4.78, 5) is 26.7. The molecule has 2 aliphatic carbocycles. The molecule has 1 heterocycles. The Hall–Kier alpha value is -1.91. The van der Waals surface area contributed by atoms with Crippen molar-refractivity contribution in [3.05, 3.63) is 35.6 Å². The number of amides is 2. The number of carbonyl (C=O) groups excluding carboxylic acids is 2. The number of carbonyl (C=O) groups is 2. The number of rotatable bonds is 5. The first-order valence-electron chi connectivity index (χ1n) is 8.93. The van der Waals surface area contributed by atoms with Crippen LogP contribution in [0.3, 0.4) is 0 Å². The molecule has 3 aliphatic rings. The second-order valence-corrected chi connectivity index (χ2v) is 7.47. The number of hydrogen-bond donors (Lipinski definition) is 1. The monoisotopic (exact) mass is 330 g/mol. The van der Waals surface area contributed by atoms with Crippen LogP contribution in [0.1, 0.15) is 44.1 Å². The molecule has 1 saturated heterocycles. The van der Waals surface area contributed by atoms with E-state index in [0.717, 1.165) is 44.1 Å². The summed E-state index contributed by atoms with van der Waals surface area (Å²) in [5.41, 5.74) is 1.04. The molecule has 24 heavy (non-hydrogen) atoms. The lowest BCUT2D eigenvalue weighted by molar-refractivity contribution is -0.139. The summed E-state index contributed by atoms with van der Waals surface area (Å²) in [5.74, 6) is 0.0494. The fourth-order valence-corrected chi connectivity index (χ4v) is 3.76. The molecule has 3 fully saturated rings. The number of hydrogen-bond acceptors (Lipinski definition) is 2. The Labute approximate surface area is 141 Å². The number of halogens is 1. The van der Waals surface area contributed by atoms with Gasteiger partial charge in [0.05, 0.1) is 0 Å². The van der Waals surface area contributed by atoms with Gasteiger partial charge in [-0.15, -0.1) is 0 Å². The molecular weight excluding hydrogens is 307 g/mol. The Bertz CT molecular complexity index is 650. The van der Waals surface area contributed by atoms with Crippen LogP contribution in [0.25, 0.3) is 0 Å². The van der Waals surface area contributed by atoms with E-state index in [-0.39, 0.29) is 35.0 Å². The summed E-state index contributed by atoms with van der Waals surface area (Å²) in [6, 6.07) is 6.27. The maximum absolute atomic E-state index is 13.1. The Morgan fingerprint density at radius 1 is 1.17 bits per heavy atom. The first-order valence-corrected chi connectivity index (χ1v) is 8.93. The third-order valence-corrected chi connectivity index (χ3v) is 5.68. The lowest BCUT2D eigenvalue weighted by Gasteiger charge is -2.25. The van der Waals surface area contributed by atoms with Crippen molar-refractivity contribution in [2.24, 2.45) is 5.92 Å². The highest BCUT2D eigenvalue weighted by atomic mass is 19.1. The molecule has 5 heteroatoms. The molecule has 0 bridgehead atoms. The van der Waals surface area contributed by atoms with E-state index >= 15 is 0 Å². The van der Waals surface area contributed by atoms with Crippen LogP contribution >= 0.6 is 0 Å². The molecule has 1 unspecified atom stereocenters. The molecule has 128 valence electrons. The van der Waals surface area contributed by atoms with Crippen LogP contribution < -0.4 is 5.32 Å². The van der Waals surface area contributed by atoms with E-state index in [1.54, 1.807) is 4.90 Å². The molecule has 1 aliphatic heterocycles. The van der Waals surface area contributed by atoms with Gasteiger partial charge in [-0.05, 0) is 56.2 Å². The predicted octanol–water partition coefficient (Wildman–Crippen LogP) is 2.37. The second-order valence-electron chi connectivity index (χ2n) is 7.47. The number of benzene rings is 1. The molecule has 1 N–H and O–H groups in total. The lowest BCUT2D eigenvalue weighted by atomic mass is 9.96. The van der Waals surface area contributed by atoms with E-state index in [2.05, 4.69) is 5.32 Å². The predicted molar refractivity (Wildman–Crippen MR) is 87.8 cm³/mol. The van der Waals surface area contributed by atoms with Crippen molar-refractivity contribution in [3.63, 3.8) is 0 Å². The van der Waals surface area contributed by atoms with Gasteiger partial charge in [0.15, 0.2) is 0 Å². The van der Waals surface area contributed by atoms with Crippen LogP contribution in [0, 0.1) is 11.7 Å². The second kappa shape index (κ2) is 5.87. The fourth-order valence-electron chi connectivity index (χ4n) is 3.76. The van der Waals surface area contributed by atoms with Gasteiger partial charge < -0.3 is 10.2 Å². The van der Waals surface area contributed by atoms with Gasteiger partial charge in [-0.1, -0.05) is 12.1 Å². The summed E-state index contributed by atoms with van der Waals surface area (Å²) in [6.45, 7) is 1.27. The van der Waals surface area contributed by atoms with Crippen molar-refractivity contribution in [1.29, 1.82) is 0 Å². The molecule has 2 amide bonds. The zero-order chi connectivity index (χ0) is 16.7. The molecule has 2 saturated carbocycles. The molecule has 4 rings (SSSR count). The maximum atomic E-state index is 13.1. The third-order valence-electron chi connectivity index (χ3n) is 5.68. The van der Waals surface area contributed by atoms with Gasteiger partial charge in [0.25, 0.3) is 0 Å². The average molecular weight is 330 g/mol. The topological polar surface area (TPSA) is 49.4 Å². The zero-order valence-electron chi connectivity index (χ0n) is 13.8. The summed E-state index contributed by atoms with van der Waals surface area (Å²) < 4.78 is 13.1. The van der Waals surface area contributed by atoms with Crippen LogP contribution in [0.4, 0.5) is 4.39 Å². The van der Waals surface area contributed by atoms with Crippen molar-refractivity contribution < 1.29 is 14.0 Å². The zero-order valence-corrected chi connectivity index (χ0v) is 13.8. The van der Waals surface area contributed by atoms with E-state index in [1.807, 2.05) is 12.1 Å². The van der Waals surface area contributed by atoms with Crippen molar-refractivity contribution >= 4 is 11.8 Å². The van der Waals surface area contributed by atoms with Crippen molar-refractivity contribution in [1.82, 2.24) is 10.2 Å². The standard InChI is InChI=1S/C19H23FN2O2/c20-15-7-5-14(6-8-15)19(9-10-19)12-21-17(23)16-2-1-11-22(16)18(24)13-3-4-13/h5-8,13,16H,1-4,9-12H2,(H,21,23). The van der Waals surface area contributed by atoms with Crippen molar-refractivity contribution in [2.75, 3.05) is 13.1 Å². The SMILES string of the molecule is O=C(NCC1(c2ccc(F)cc2)CC1)C1CCCN1C(=O)C1CC1. The molecule has 1 aromatic carbocycles. The fraction of sp³-hybridized carbons (Fsp3) is 0.579. The van der Waals surface area contributed by atoms with Gasteiger partial charge in [0.2, 0.25) is 11.8 Å². The number of likely N-dealkylation sites (tertiary alicyclic amines) is 1. The van der Waals surface area contributed by atoms with E-state index in [9.17, 15) is 14.0 Å². The molecule has 1 aromatic rings. The first-order chi connectivity index (χ1) is 11.6. The Morgan fingerprint density at radius 2 is 1.88 bits per heavy atom. The van der Waals surface area contributed by atoms with Gasteiger partial charge in [-0.3, -0.25) is 9.59 Å². The van der Waals surface area contributed by atoms with Crippen LogP contribution in [0.2, 0.25) is 0 Å². The van der Waals surface area contributed by atoms with Crippen LogP contribution in [-0.4, -0.2) is 35.8 Å². The molecule has 0 spiro atoms. The van der Waals surface area contributed by atoms with Crippen LogP contribution in [-0.2, 0) is 15.0 Å².